The van der Waals surface area contributed by atoms with Gasteiger partial charge >= 0.3 is 0 Å². The van der Waals surface area contributed by atoms with Crippen LogP contribution in [0.1, 0.15) is 23.2 Å². The molecule has 5 nitrogen and oxygen atoms in total. The molecule has 1 aliphatic rings. The summed E-state index contributed by atoms with van der Waals surface area (Å²) in [5, 5.41) is 0. The van der Waals surface area contributed by atoms with E-state index in [0.29, 0.717) is 22.6 Å². The topological polar surface area (TPSA) is 69.7 Å². The third-order valence-corrected chi connectivity index (χ3v) is 3.36. The molecule has 0 unspecified atom stereocenters. The molecule has 0 aromatic heterocycles. The minimum Gasteiger partial charge on any atom is -0.493 e. The highest BCUT2D eigenvalue weighted by atomic mass is 16.5. The number of hydrogen-bond acceptors (Lipinski definition) is 5. The molecule has 0 bridgehead atoms. The van der Waals surface area contributed by atoms with Crippen molar-refractivity contribution < 1.29 is 23.9 Å². The van der Waals surface area contributed by atoms with Gasteiger partial charge in [0, 0.05) is 17.6 Å². The van der Waals surface area contributed by atoms with E-state index in [2.05, 4.69) is 0 Å². The van der Waals surface area contributed by atoms with Crippen LogP contribution >= 0.6 is 0 Å². The lowest BCUT2D eigenvalue weighted by molar-refractivity contribution is -0.114. The Morgan fingerprint density at radius 3 is 2.45 bits per heavy atom. The van der Waals surface area contributed by atoms with Crippen LogP contribution in [0, 0.1) is 0 Å². The molecule has 114 valence electrons. The van der Waals surface area contributed by atoms with Gasteiger partial charge in [-0.3, -0.25) is 14.4 Å². The summed E-state index contributed by atoms with van der Waals surface area (Å²) in [5.74, 6) is 0.434. The number of allylic oxidation sites excluding steroid dienone is 4. The maximum absolute atomic E-state index is 12.2. The van der Waals surface area contributed by atoms with E-state index in [9.17, 15) is 14.4 Å². The van der Waals surface area contributed by atoms with Gasteiger partial charge in [0.05, 0.1) is 14.2 Å². The van der Waals surface area contributed by atoms with Gasteiger partial charge in [-0.25, -0.2) is 0 Å². The van der Waals surface area contributed by atoms with Gasteiger partial charge in [-0.15, -0.1) is 0 Å². The maximum Gasteiger partial charge on any atom is 0.182 e. The first-order chi connectivity index (χ1) is 10.5. The normalized spacial score (nSPS) is 13.8. The molecule has 1 aliphatic carbocycles. The quantitative estimate of drug-likeness (QED) is 0.595. The second-order valence-corrected chi connectivity index (χ2v) is 4.76. The van der Waals surface area contributed by atoms with Crippen molar-refractivity contribution >= 4 is 17.3 Å². The number of carbonyl (C=O) groups is 3. The second kappa shape index (κ2) is 6.85. The standard InChI is InChI=1S/C17H16O5/c1-21-16-8-4-12(10-17(16)22-2)14(19)6-3-11-9-13(18)5-7-15(11)20/h4-5,7-10H,3,6H2,1-2H3. The molecule has 0 radical (unpaired) electrons. The van der Waals surface area contributed by atoms with E-state index in [1.54, 1.807) is 18.2 Å². The first-order valence-corrected chi connectivity index (χ1v) is 6.77. The summed E-state index contributed by atoms with van der Waals surface area (Å²) >= 11 is 0. The summed E-state index contributed by atoms with van der Waals surface area (Å²) in [6.45, 7) is 0. The Kier molecular flexibility index (Phi) is 4.88. The van der Waals surface area contributed by atoms with E-state index in [4.69, 9.17) is 9.47 Å². The van der Waals surface area contributed by atoms with Gasteiger partial charge in [0.25, 0.3) is 0 Å². The largest absolute Gasteiger partial charge is 0.493 e. The van der Waals surface area contributed by atoms with Crippen LogP contribution in [0.4, 0.5) is 0 Å². The van der Waals surface area contributed by atoms with Gasteiger partial charge in [-0.05, 0) is 42.8 Å². The first kappa shape index (κ1) is 15.7. The van der Waals surface area contributed by atoms with Gasteiger partial charge in [0.1, 0.15) is 0 Å². The molecule has 0 fully saturated rings. The zero-order valence-corrected chi connectivity index (χ0v) is 12.4. The number of Topliss-reactive ketones (excluding diaryl/α,β-unsaturated/α-hetero) is 1. The second-order valence-electron chi connectivity index (χ2n) is 4.76. The summed E-state index contributed by atoms with van der Waals surface area (Å²) < 4.78 is 10.3. The Hall–Kier alpha value is -2.69. The van der Waals surface area contributed by atoms with Crippen LogP contribution in [-0.4, -0.2) is 31.6 Å². The molecule has 22 heavy (non-hydrogen) atoms. The number of ketones is 3. The molecule has 0 atom stereocenters. The van der Waals surface area contributed by atoms with Crippen molar-refractivity contribution in [1.82, 2.24) is 0 Å². The van der Waals surface area contributed by atoms with Crippen molar-refractivity contribution in [3.05, 3.63) is 47.6 Å². The fourth-order valence-electron chi connectivity index (χ4n) is 2.15. The number of hydrogen-bond donors (Lipinski definition) is 0. The van der Waals surface area contributed by atoms with Crippen molar-refractivity contribution in [2.75, 3.05) is 14.2 Å². The van der Waals surface area contributed by atoms with Crippen molar-refractivity contribution in [3.63, 3.8) is 0 Å². The van der Waals surface area contributed by atoms with E-state index in [0.717, 1.165) is 0 Å². The van der Waals surface area contributed by atoms with Crippen LogP contribution in [0.5, 0.6) is 11.5 Å². The highest BCUT2D eigenvalue weighted by Crippen LogP contribution is 2.28. The molecule has 0 spiro atoms. The van der Waals surface area contributed by atoms with Crippen molar-refractivity contribution in [2.45, 2.75) is 12.8 Å². The summed E-state index contributed by atoms with van der Waals surface area (Å²) in [4.78, 5) is 35.1. The minimum atomic E-state index is -0.229. The summed E-state index contributed by atoms with van der Waals surface area (Å²) in [5.41, 5.74) is 0.838. The number of benzene rings is 1. The van der Waals surface area contributed by atoms with Gasteiger partial charge < -0.3 is 9.47 Å². The number of methoxy groups -OCH3 is 2. The Labute approximate surface area is 128 Å². The Bertz CT molecular complexity index is 682. The average molecular weight is 300 g/mol. The maximum atomic E-state index is 12.2. The highest BCUT2D eigenvalue weighted by molar-refractivity contribution is 6.17. The summed E-state index contributed by atoms with van der Waals surface area (Å²) in [6.07, 6.45) is 4.13. The van der Waals surface area contributed by atoms with E-state index in [1.807, 2.05) is 0 Å². The zero-order valence-electron chi connectivity index (χ0n) is 12.4. The van der Waals surface area contributed by atoms with Gasteiger partial charge in [-0.1, -0.05) is 0 Å². The number of ether oxygens (including phenoxy) is 2. The molecule has 5 heteroatoms. The smallest absolute Gasteiger partial charge is 0.182 e. The molecule has 0 N–H and O–H groups in total. The lowest BCUT2D eigenvalue weighted by atomic mass is 9.96. The Morgan fingerprint density at radius 1 is 1.05 bits per heavy atom. The average Bonchev–Trinajstić information content (AvgIpc) is 2.54. The Balaban J connectivity index is 2.07. The molecule has 0 heterocycles. The predicted octanol–water partition coefficient (Wildman–Crippen LogP) is 2.30. The number of carbonyl (C=O) groups excluding carboxylic acids is 3. The van der Waals surface area contributed by atoms with Crippen LogP contribution in [0.15, 0.2) is 42.0 Å². The van der Waals surface area contributed by atoms with Gasteiger partial charge in [-0.2, -0.15) is 0 Å². The van der Waals surface area contributed by atoms with Crippen molar-refractivity contribution in [3.8, 4) is 11.5 Å². The molecular weight excluding hydrogens is 284 g/mol. The predicted molar refractivity (Wildman–Crippen MR) is 80.3 cm³/mol. The monoisotopic (exact) mass is 300 g/mol. The highest BCUT2D eigenvalue weighted by Gasteiger charge is 2.16. The van der Waals surface area contributed by atoms with E-state index < -0.39 is 0 Å². The molecular formula is C17H16O5. The summed E-state index contributed by atoms with van der Waals surface area (Å²) in [6, 6.07) is 4.90. The molecule has 2 rings (SSSR count). The zero-order chi connectivity index (χ0) is 16.1. The van der Waals surface area contributed by atoms with Crippen LogP contribution in [-0.2, 0) is 9.59 Å². The minimum absolute atomic E-state index is 0.128. The van der Waals surface area contributed by atoms with Crippen molar-refractivity contribution in [1.29, 1.82) is 0 Å². The van der Waals surface area contributed by atoms with Gasteiger partial charge in [0.2, 0.25) is 0 Å². The molecule has 0 saturated heterocycles. The molecule has 0 aliphatic heterocycles. The van der Waals surface area contributed by atoms with E-state index in [-0.39, 0.29) is 30.2 Å². The van der Waals surface area contributed by atoms with Crippen LogP contribution < -0.4 is 9.47 Å². The van der Waals surface area contributed by atoms with Crippen LogP contribution in [0.3, 0.4) is 0 Å². The lowest BCUT2D eigenvalue weighted by Crippen LogP contribution is -2.09. The molecule has 0 amide bonds. The Morgan fingerprint density at radius 2 is 1.77 bits per heavy atom. The van der Waals surface area contributed by atoms with E-state index >= 15 is 0 Å². The molecule has 0 saturated carbocycles. The van der Waals surface area contributed by atoms with Gasteiger partial charge in [0.15, 0.2) is 28.8 Å². The fraction of sp³-hybridized carbons (Fsp3) is 0.235. The third kappa shape index (κ3) is 3.49. The lowest BCUT2D eigenvalue weighted by Gasteiger charge is -2.10. The van der Waals surface area contributed by atoms with E-state index in [1.165, 1.54) is 32.4 Å². The van der Waals surface area contributed by atoms with Crippen LogP contribution in [0.2, 0.25) is 0 Å². The summed E-state index contributed by atoms with van der Waals surface area (Å²) in [7, 11) is 3.01. The number of rotatable bonds is 6. The van der Waals surface area contributed by atoms with Crippen molar-refractivity contribution in [2.24, 2.45) is 0 Å². The fourth-order valence-corrected chi connectivity index (χ4v) is 2.15. The van der Waals surface area contributed by atoms with Crippen LogP contribution in [0.25, 0.3) is 0 Å². The SMILES string of the molecule is COc1ccc(C(=O)CCC2=CC(=O)C=CC2=O)cc1OC. The molecule has 1 aromatic carbocycles. The molecule has 1 aromatic rings. The third-order valence-electron chi connectivity index (χ3n) is 3.36. The first-order valence-electron chi connectivity index (χ1n) is 6.77.